The highest BCUT2D eigenvalue weighted by molar-refractivity contribution is 7.80. The van der Waals surface area contributed by atoms with Crippen molar-refractivity contribution in [2.45, 2.75) is 12.8 Å². The summed E-state index contributed by atoms with van der Waals surface area (Å²) in [5.74, 6) is 1.70. The van der Waals surface area contributed by atoms with Crippen molar-refractivity contribution in [2.75, 3.05) is 27.3 Å². The molecule has 4 N–H and O–H groups in total. The topological polar surface area (TPSA) is 79.3 Å². The molecule has 0 bridgehead atoms. The summed E-state index contributed by atoms with van der Waals surface area (Å²) in [7, 11) is 3.37. The van der Waals surface area contributed by atoms with Gasteiger partial charge >= 0.3 is 0 Å². The van der Waals surface area contributed by atoms with Crippen molar-refractivity contribution in [3.05, 3.63) is 59.9 Å². The molecule has 0 atom stereocenters. The van der Waals surface area contributed by atoms with E-state index in [1.165, 1.54) is 21.9 Å². The molecule has 0 fully saturated rings. The molecule has 6 nitrogen and oxygen atoms in total. The van der Waals surface area contributed by atoms with Crippen LogP contribution in [0.4, 0.5) is 0 Å². The largest absolute Gasteiger partial charge is 0.497 e. The molecule has 0 saturated heterocycles. The number of ether oxygens (including phenoxy) is 2. The first kappa shape index (κ1) is 20.1. The summed E-state index contributed by atoms with van der Waals surface area (Å²) in [6.45, 7) is 1.51. The smallest absolute Gasteiger partial charge is 0.166 e. The number of nitrogens with two attached hydrogens (primary N) is 1. The molecule has 0 radical (unpaired) electrons. The molecule has 0 spiro atoms. The van der Waals surface area contributed by atoms with Crippen molar-refractivity contribution < 1.29 is 9.47 Å². The predicted octanol–water partition coefficient (Wildman–Crippen LogP) is 4.00. The van der Waals surface area contributed by atoms with Gasteiger partial charge in [0.1, 0.15) is 11.5 Å². The van der Waals surface area contributed by atoms with E-state index in [-0.39, 0.29) is 0 Å². The third kappa shape index (κ3) is 4.07. The van der Waals surface area contributed by atoms with E-state index in [2.05, 4.69) is 27.0 Å². The maximum Gasteiger partial charge on any atom is 0.166 e. The summed E-state index contributed by atoms with van der Waals surface area (Å²) < 4.78 is 10.7. The molecule has 0 amide bonds. The van der Waals surface area contributed by atoms with Gasteiger partial charge in [0.2, 0.25) is 0 Å². The molecule has 30 heavy (non-hydrogen) atoms. The van der Waals surface area contributed by atoms with Gasteiger partial charge in [0.05, 0.1) is 14.2 Å². The summed E-state index contributed by atoms with van der Waals surface area (Å²) in [4.78, 5) is 8.71. The molecule has 2 aromatic heterocycles. The van der Waals surface area contributed by atoms with Crippen LogP contribution in [0.2, 0.25) is 0 Å². The van der Waals surface area contributed by atoms with Crippen LogP contribution in [-0.4, -0.2) is 47.3 Å². The fourth-order valence-electron chi connectivity index (χ4n) is 3.83. The van der Waals surface area contributed by atoms with Gasteiger partial charge in [-0.2, -0.15) is 0 Å². The van der Waals surface area contributed by atoms with Crippen LogP contribution in [0.5, 0.6) is 11.5 Å². The Morgan fingerprint density at radius 1 is 0.867 bits per heavy atom. The van der Waals surface area contributed by atoms with Gasteiger partial charge in [-0.25, -0.2) is 0 Å². The minimum absolute atomic E-state index is 0.421. The van der Waals surface area contributed by atoms with Crippen molar-refractivity contribution in [3.8, 4) is 11.5 Å². The number of methoxy groups -OCH3 is 2. The van der Waals surface area contributed by atoms with Crippen molar-refractivity contribution in [2.24, 2.45) is 5.73 Å². The number of hydrogen-bond donors (Lipinski definition) is 3. The lowest BCUT2D eigenvalue weighted by molar-refractivity contribution is 0.415. The van der Waals surface area contributed by atoms with Gasteiger partial charge in [0.15, 0.2) is 5.11 Å². The van der Waals surface area contributed by atoms with E-state index in [4.69, 9.17) is 27.4 Å². The van der Waals surface area contributed by atoms with Gasteiger partial charge in [-0.15, -0.1) is 0 Å². The van der Waals surface area contributed by atoms with Crippen LogP contribution in [0.1, 0.15) is 11.1 Å². The van der Waals surface area contributed by atoms with Crippen molar-refractivity contribution in [1.29, 1.82) is 0 Å². The molecule has 2 aromatic carbocycles. The van der Waals surface area contributed by atoms with E-state index in [9.17, 15) is 0 Å². The minimum atomic E-state index is 0.421. The average molecular weight is 423 g/mol. The van der Waals surface area contributed by atoms with Gasteiger partial charge in [-0.3, -0.25) is 0 Å². The number of nitrogens with zero attached hydrogens (tertiary/aromatic N) is 1. The van der Waals surface area contributed by atoms with Crippen LogP contribution in [0.15, 0.2) is 48.8 Å². The number of aromatic nitrogens is 2. The molecule has 0 aliphatic heterocycles. The first-order valence-corrected chi connectivity index (χ1v) is 10.3. The van der Waals surface area contributed by atoms with E-state index in [1.54, 1.807) is 14.2 Å². The average Bonchev–Trinajstić information content (AvgIpc) is 3.36. The van der Waals surface area contributed by atoms with Crippen LogP contribution in [0, 0.1) is 0 Å². The Balaban J connectivity index is 1.46. The minimum Gasteiger partial charge on any atom is -0.497 e. The molecular formula is C23H26N4O2S. The Morgan fingerprint density at radius 2 is 1.33 bits per heavy atom. The van der Waals surface area contributed by atoms with Crippen LogP contribution in [0.25, 0.3) is 21.8 Å². The predicted molar refractivity (Wildman–Crippen MR) is 125 cm³/mol. The molecule has 156 valence electrons. The first-order chi connectivity index (χ1) is 14.6. The van der Waals surface area contributed by atoms with E-state index in [1.807, 2.05) is 36.7 Å². The van der Waals surface area contributed by atoms with Crippen LogP contribution in [-0.2, 0) is 12.8 Å². The number of aromatic amines is 2. The number of hydrogen-bond acceptors (Lipinski definition) is 3. The number of fused-ring (bicyclic) bond motifs is 2. The zero-order chi connectivity index (χ0) is 21.1. The van der Waals surface area contributed by atoms with E-state index >= 15 is 0 Å². The maximum atomic E-state index is 6.03. The summed E-state index contributed by atoms with van der Waals surface area (Å²) >= 11 is 5.33. The fourth-order valence-corrected chi connectivity index (χ4v) is 4.01. The molecular weight excluding hydrogens is 396 g/mol. The molecule has 0 saturated carbocycles. The Kier molecular flexibility index (Phi) is 5.81. The number of H-pyrrole nitrogens is 2. The summed E-state index contributed by atoms with van der Waals surface area (Å²) in [6.07, 6.45) is 5.78. The van der Waals surface area contributed by atoms with Crippen molar-refractivity contribution in [3.63, 3.8) is 0 Å². The molecule has 0 aliphatic carbocycles. The molecule has 7 heteroatoms. The highest BCUT2D eigenvalue weighted by atomic mass is 32.1. The Hall–Kier alpha value is -3.19. The van der Waals surface area contributed by atoms with Gasteiger partial charge in [-0.1, -0.05) is 0 Å². The van der Waals surface area contributed by atoms with Gasteiger partial charge in [-0.05, 0) is 72.6 Å². The number of nitrogens with one attached hydrogen (secondary N) is 2. The quantitative estimate of drug-likeness (QED) is 0.374. The lowest BCUT2D eigenvalue weighted by atomic mass is 10.1. The highest BCUT2D eigenvalue weighted by Crippen LogP contribution is 2.25. The van der Waals surface area contributed by atoms with E-state index in [0.29, 0.717) is 5.11 Å². The number of rotatable bonds is 8. The molecule has 2 heterocycles. The maximum absolute atomic E-state index is 6.03. The molecule has 4 aromatic rings. The second kappa shape index (κ2) is 8.67. The summed E-state index contributed by atoms with van der Waals surface area (Å²) in [5, 5.41) is 2.76. The third-order valence-corrected chi connectivity index (χ3v) is 5.82. The second-order valence-electron chi connectivity index (χ2n) is 7.28. The monoisotopic (exact) mass is 422 g/mol. The van der Waals surface area contributed by atoms with Crippen LogP contribution >= 0.6 is 12.2 Å². The number of thiocarbonyl (C=S) groups is 1. The number of benzene rings is 2. The van der Waals surface area contributed by atoms with E-state index in [0.717, 1.165) is 48.5 Å². The molecule has 4 rings (SSSR count). The Morgan fingerprint density at radius 3 is 1.73 bits per heavy atom. The molecule has 0 unspecified atom stereocenters. The van der Waals surface area contributed by atoms with Crippen molar-refractivity contribution in [1.82, 2.24) is 14.9 Å². The first-order valence-electron chi connectivity index (χ1n) is 9.91. The lowest BCUT2D eigenvalue weighted by Crippen LogP contribution is -2.38. The normalized spacial score (nSPS) is 11.1. The second-order valence-corrected chi connectivity index (χ2v) is 7.69. The molecule has 0 aliphatic rings. The van der Waals surface area contributed by atoms with Gasteiger partial charge in [0.25, 0.3) is 0 Å². The zero-order valence-electron chi connectivity index (χ0n) is 17.2. The van der Waals surface area contributed by atoms with E-state index < -0.39 is 0 Å². The Labute approximate surface area is 181 Å². The lowest BCUT2D eigenvalue weighted by Gasteiger charge is -2.22. The van der Waals surface area contributed by atoms with Gasteiger partial charge < -0.3 is 30.1 Å². The van der Waals surface area contributed by atoms with Gasteiger partial charge in [0, 0.05) is 47.3 Å². The Bertz CT molecular complexity index is 1090. The summed E-state index contributed by atoms with van der Waals surface area (Å²) in [6, 6.07) is 12.1. The zero-order valence-corrected chi connectivity index (χ0v) is 18.0. The fraction of sp³-hybridized carbons (Fsp3) is 0.261. The van der Waals surface area contributed by atoms with Crippen LogP contribution < -0.4 is 15.2 Å². The van der Waals surface area contributed by atoms with Crippen LogP contribution in [0.3, 0.4) is 0 Å². The van der Waals surface area contributed by atoms with Crippen molar-refractivity contribution >= 4 is 39.1 Å². The summed E-state index contributed by atoms with van der Waals surface area (Å²) in [5.41, 5.74) is 10.7. The third-order valence-electron chi connectivity index (χ3n) is 5.56. The highest BCUT2D eigenvalue weighted by Gasteiger charge is 2.12. The standard InChI is InChI=1S/C23H26N4O2S/c1-28-17-3-5-21-19(11-17)15(13-25-21)7-9-27(23(24)30)10-8-16-14-26-22-6-4-18(29-2)12-20(16)22/h3-6,11-14,25-26H,7-10H2,1-2H3,(H2,24,30). The SMILES string of the molecule is COc1ccc2[nH]cc(CCN(CCc3c[nH]c4ccc(OC)cc34)C(N)=S)c2c1.